The lowest BCUT2D eigenvalue weighted by atomic mass is 10.1. The minimum absolute atomic E-state index is 0.122. The van der Waals surface area contributed by atoms with Crippen LogP contribution in [-0.2, 0) is 13.0 Å². The Labute approximate surface area is 108 Å². The van der Waals surface area contributed by atoms with E-state index in [0.717, 1.165) is 29.8 Å². The number of aryl methyl sites for hydroxylation is 2. The maximum Gasteiger partial charge on any atom is 0.154 e. The van der Waals surface area contributed by atoms with Crippen molar-refractivity contribution in [3.8, 4) is 11.3 Å². The quantitative estimate of drug-likeness (QED) is 0.896. The summed E-state index contributed by atoms with van der Waals surface area (Å²) in [4.78, 5) is 8.50. The van der Waals surface area contributed by atoms with Gasteiger partial charge in [-0.2, -0.15) is 0 Å². The molecule has 94 valence electrons. The Balaban J connectivity index is 2.33. The third-order valence-electron chi connectivity index (χ3n) is 2.83. The van der Waals surface area contributed by atoms with Crippen LogP contribution >= 0.6 is 0 Å². The molecule has 0 aliphatic heterocycles. The zero-order valence-electron chi connectivity index (χ0n) is 10.8. The fourth-order valence-electron chi connectivity index (χ4n) is 1.98. The largest absolute Gasteiger partial charge is 0.388 e. The van der Waals surface area contributed by atoms with Crippen molar-refractivity contribution in [2.75, 3.05) is 0 Å². The topological polar surface area (TPSA) is 46.0 Å². The van der Waals surface area contributed by atoms with Crippen molar-refractivity contribution in [1.82, 2.24) is 9.97 Å². The number of nitrogens with zero attached hydrogens (tertiary/aromatic N) is 2. The summed E-state index contributed by atoms with van der Waals surface area (Å²) < 4.78 is 0. The van der Waals surface area contributed by atoms with Crippen LogP contribution in [0.15, 0.2) is 30.3 Å². The molecule has 0 aliphatic carbocycles. The first-order valence-corrected chi connectivity index (χ1v) is 6.27. The van der Waals surface area contributed by atoms with E-state index in [9.17, 15) is 0 Å². The molecule has 1 aromatic heterocycles. The van der Waals surface area contributed by atoms with Gasteiger partial charge in [-0.1, -0.05) is 37.6 Å². The molecule has 0 spiro atoms. The first-order valence-electron chi connectivity index (χ1n) is 6.27. The smallest absolute Gasteiger partial charge is 0.154 e. The zero-order chi connectivity index (χ0) is 13.0. The van der Waals surface area contributed by atoms with Crippen molar-refractivity contribution in [3.63, 3.8) is 0 Å². The van der Waals surface area contributed by atoms with Gasteiger partial charge in [-0.3, -0.25) is 0 Å². The van der Waals surface area contributed by atoms with Gasteiger partial charge in [-0.05, 0) is 25.0 Å². The van der Waals surface area contributed by atoms with E-state index in [4.69, 9.17) is 5.11 Å². The highest BCUT2D eigenvalue weighted by Crippen LogP contribution is 2.19. The van der Waals surface area contributed by atoms with Crippen LogP contribution in [0.5, 0.6) is 0 Å². The number of benzene rings is 1. The molecule has 0 amide bonds. The van der Waals surface area contributed by atoms with Crippen LogP contribution in [-0.4, -0.2) is 15.1 Å². The summed E-state index contributed by atoms with van der Waals surface area (Å²) in [5, 5.41) is 9.12. The van der Waals surface area contributed by atoms with Crippen molar-refractivity contribution in [3.05, 3.63) is 47.4 Å². The highest BCUT2D eigenvalue weighted by molar-refractivity contribution is 5.59. The van der Waals surface area contributed by atoms with Gasteiger partial charge in [-0.25, -0.2) is 9.97 Å². The lowest BCUT2D eigenvalue weighted by Crippen LogP contribution is -1.98. The van der Waals surface area contributed by atoms with Gasteiger partial charge in [0, 0.05) is 11.3 Å². The zero-order valence-corrected chi connectivity index (χ0v) is 10.8. The average Bonchev–Trinajstić information content (AvgIpc) is 2.39. The van der Waals surface area contributed by atoms with Gasteiger partial charge in [0.15, 0.2) is 5.82 Å². The van der Waals surface area contributed by atoms with Crippen LogP contribution in [0.3, 0.4) is 0 Å². The second-order valence-corrected chi connectivity index (χ2v) is 4.42. The standard InChI is InChI=1S/C15H18N2O/c1-3-4-12-5-7-13(8-6-12)14-9-11(2)16-15(10-18)17-14/h5-9,18H,3-4,10H2,1-2H3. The first kappa shape index (κ1) is 12.7. The Bertz CT molecular complexity index is 521. The normalized spacial score (nSPS) is 10.6. The molecular weight excluding hydrogens is 224 g/mol. The molecule has 1 N–H and O–H groups in total. The second kappa shape index (κ2) is 5.74. The van der Waals surface area contributed by atoms with Crippen molar-refractivity contribution in [1.29, 1.82) is 0 Å². The van der Waals surface area contributed by atoms with E-state index < -0.39 is 0 Å². The fraction of sp³-hybridized carbons (Fsp3) is 0.333. The first-order chi connectivity index (χ1) is 8.72. The van der Waals surface area contributed by atoms with E-state index in [1.807, 2.05) is 13.0 Å². The van der Waals surface area contributed by atoms with E-state index in [2.05, 4.69) is 41.2 Å². The molecule has 1 aromatic carbocycles. The van der Waals surface area contributed by atoms with Crippen molar-refractivity contribution in [2.24, 2.45) is 0 Å². The van der Waals surface area contributed by atoms with Crippen LogP contribution in [0.2, 0.25) is 0 Å². The van der Waals surface area contributed by atoms with E-state index in [1.54, 1.807) is 0 Å². The third-order valence-corrected chi connectivity index (χ3v) is 2.83. The number of aliphatic hydroxyl groups excluding tert-OH is 1. The highest BCUT2D eigenvalue weighted by Gasteiger charge is 2.04. The Morgan fingerprint density at radius 3 is 2.44 bits per heavy atom. The van der Waals surface area contributed by atoms with Crippen LogP contribution in [0.1, 0.15) is 30.4 Å². The molecule has 0 unspecified atom stereocenters. The summed E-state index contributed by atoms with van der Waals surface area (Å²) in [5.41, 5.74) is 4.15. The van der Waals surface area contributed by atoms with Gasteiger partial charge in [0.2, 0.25) is 0 Å². The van der Waals surface area contributed by atoms with Crippen LogP contribution < -0.4 is 0 Å². The summed E-state index contributed by atoms with van der Waals surface area (Å²) in [6.07, 6.45) is 2.26. The SMILES string of the molecule is CCCc1ccc(-c2cc(C)nc(CO)n2)cc1. The molecule has 0 bridgehead atoms. The summed E-state index contributed by atoms with van der Waals surface area (Å²) in [6, 6.07) is 10.4. The molecule has 0 fully saturated rings. The number of hydrogen-bond acceptors (Lipinski definition) is 3. The molecule has 18 heavy (non-hydrogen) atoms. The van der Waals surface area contributed by atoms with Gasteiger partial charge in [0.05, 0.1) is 5.69 Å². The van der Waals surface area contributed by atoms with Crippen molar-refractivity contribution < 1.29 is 5.11 Å². The maximum absolute atomic E-state index is 9.12. The molecular formula is C15H18N2O. The predicted molar refractivity (Wildman–Crippen MR) is 72.1 cm³/mol. The minimum Gasteiger partial charge on any atom is -0.388 e. The van der Waals surface area contributed by atoms with Crippen molar-refractivity contribution >= 4 is 0 Å². The third kappa shape index (κ3) is 2.93. The molecule has 2 rings (SSSR count). The lowest BCUT2D eigenvalue weighted by Gasteiger charge is -2.06. The van der Waals surface area contributed by atoms with E-state index in [-0.39, 0.29) is 6.61 Å². The Kier molecular flexibility index (Phi) is 4.05. The lowest BCUT2D eigenvalue weighted by molar-refractivity contribution is 0.271. The maximum atomic E-state index is 9.12. The molecule has 0 saturated heterocycles. The predicted octanol–water partition coefficient (Wildman–Crippen LogP) is 2.90. The Hall–Kier alpha value is -1.74. The Morgan fingerprint density at radius 1 is 1.11 bits per heavy atom. The molecule has 2 aromatic rings. The highest BCUT2D eigenvalue weighted by atomic mass is 16.3. The summed E-state index contributed by atoms with van der Waals surface area (Å²) >= 11 is 0. The van der Waals surface area contributed by atoms with E-state index >= 15 is 0 Å². The van der Waals surface area contributed by atoms with E-state index in [0.29, 0.717) is 5.82 Å². The van der Waals surface area contributed by atoms with Gasteiger partial charge >= 0.3 is 0 Å². The van der Waals surface area contributed by atoms with Gasteiger partial charge < -0.3 is 5.11 Å². The number of rotatable bonds is 4. The number of hydrogen-bond donors (Lipinski definition) is 1. The molecule has 0 saturated carbocycles. The Morgan fingerprint density at radius 2 is 1.83 bits per heavy atom. The number of aromatic nitrogens is 2. The molecule has 3 nitrogen and oxygen atoms in total. The van der Waals surface area contributed by atoms with Crippen LogP contribution in [0.25, 0.3) is 11.3 Å². The molecule has 1 heterocycles. The van der Waals surface area contributed by atoms with Gasteiger partial charge in [-0.15, -0.1) is 0 Å². The average molecular weight is 242 g/mol. The van der Waals surface area contributed by atoms with Crippen LogP contribution in [0, 0.1) is 6.92 Å². The summed E-state index contributed by atoms with van der Waals surface area (Å²) in [5.74, 6) is 0.475. The summed E-state index contributed by atoms with van der Waals surface area (Å²) in [7, 11) is 0. The van der Waals surface area contributed by atoms with Crippen molar-refractivity contribution in [2.45, 2.75) is 33.3 Å². The summed E-state index contributed by atoms with van der Waals surface area (Å²) in [6.45, 7) is 3.97. The molecule has 0 aliphatic rings. The molecule has 0 atom stereocenters. The van der Waals surface area contributed by atoms with Gasteiger partial charge in [0.25, 0.3) is 0 Å². The number of aliphatic hydroxyl groups is 1. The monoisotopic (exact) mass is 242 g/mol. The molecule has 0 radical (unpaired) electrons. The van der Waals surface area contributed by atoms with Crippen LogP contribution in [0.4, 0.5) is 0 Å². The van der Waals surface area contributed by atoms with Gasteiger partial charge in [0.1, 0.15) is 6.61 Å². The minimum atomic E-state index is -0.122. The van der Waals surface area contributed by atoms with E-state index in [1.165, 1.54) is 5.56 Å². The second-order valence-electron chi connectivity index (χ2n) is 4.42. The molecule has 3 heteroatoms. The fourth-order valence-corrected chi connectivity index (χ4v) is 1.98.